The minimum Gasteiger partial charge on any atom is -0.443 e. The minimum absolute atomic E-state index is 0.176. The Bertz CT molecular complexity index is 453. The Morgan fingerprint density at radius 1 is 1.42 bits per heavy atom. The van der Waals surface area contributed by atoms with Gasteiger partial charge >= 0.3 is 6.09 Å². The van der Waals surface area contributed by atoms with E-state index in [1.807, 2.05) is 16.9 Å². The summed E-state index contributed by atoms with van der Waals surface area (Å²) in [5.41, 5.74) is 6.43. The number of amides is 1. The quantitative estimate of drug-likeness (QED) is 0.889. The van der Waals surface area contributed by atoms with Gasteiger partial charge in [0.25, 0.3) is 0 Å². The van der Waals surface area contributed by atoms with Gasteiger partial charge in [-0.3, -0.25) is 9.58 Å². The third-order valence-corrected chi connectivity index (χ3v) is 3.93. The lowest BCUT2D eigenvalue weighted by molar-refractivity contribution is 0.134. The fraction of sp³-hybridized carbons (Fsp3) is 0.692. The summed E-state index contributed by atoms with van der Waals surface area (Å²) in [5, 5.41) is 4.58. The van der Waals surface area contributed by atoms with Crippen LogP contribution in [0.5, 0.6) is 0 Å². The molecule has 2 heterocycles. The van der Waals surface area contributed by atoms with Crippen molar-refractivity contribution in [2.45, 2.75) is 44.4 Å². The fourth-order valence-electron chi connectivity index (χ4n) is 2.86. The summed E-state index contributed by atoms with van der Waals surface area (Å²) in [6.45, 7) is 1.44. The molecule has 1 aliphatic carbocycles. The molecular weight excluding hydrogens is 244 g/mol. The van der Waals surface area contributed by atoms with Crippen molar-refractivity contribution >= 4 is 6.09 Å². The molecule has 6 heteroatoms. The number of nitrogens with zero attached hydrogens (tertiary/aromatic N) is 3. The summed E-state index contributed by atoms with van der Waals surface area (Å²) in [5.74, 6) is 0. The van der Waals surface area contributed by atoms with Crippen LogP contribution < -0.4 is 5.73 Å². The van der Waals surface area contributed by atoms with Crippen molar-refractivity contribution in [3.63, 3.8) is 0 Å². The van der Waals surface area contributed by atoms with E-state index >= 15 is 0 Å². The molecule has 0 spiro atoms. The molecule has 0 radical (unpaired) electrons. The Morgan fingerprint density at radius 2 is 2.21 bits per heavy atom. The molecule has 1 aliphatic heterocycles. The molecule has 1 aromatic heterocycles. The number of nitrogens with two attached hydrogens (primary N) is 1. The third-order valence-electron chi connectivity index (χ3n) is 3.93. The van der Waals surface area contributed by atoms with Gasteiger partial charge in [-0.2, -0.15) is 5.10 Å². The number of ether oxygens (including phenoxy) is 1. The fourth-order valence-corrected chi connectivity index (χ4v) is 2.86. The molecule has 1 unspecified atom stereocenters. The lowest BCUT2D eigenvalue weighted by atomic mass is 10.3. The molecular formula is C13H20N4O2. The number of hydrogen-bond donors (Lipinski definition) is 1. The van der Waals surface area contributed by atoms with Gasteiger partial charge in [0.15, 0.2) is 0 Å². The van der Waals surface area contributed by atoms with E-state index in [0.717, 1.165) is 5.69 Å². The van der Waals surface area contributed by atoms with Crippen LogP contribution in [0, 0.1) is 0 Å². The summed E-state index contributed by atoms with van der Waals surface area (Å²) < 4.78 is 7.18. The monoisotopic (exact) mass is 264 g/mol. The molecule has 1 atom stereocenters. The summed E-state index contributed by atoms with van der Waals surface area (Å²) in [6, 6.07) is 2.53. The molecule has 6 nitrogen and oxygen atoms in total. The molecule has 1 aromatic rings. The van der Waals surface area contributed by atoms with Gasteiger partial charge in [-0.25, -0.2) is 4.79 Å². The first-order chi connectivity index (χ1) is 9.26. The van der Waals surface area contributed by atoms with E-state index in [0.29, 0.717) is 25.7 Å². The molecule has 1 saturated carbocycles. The SMILES string of the molecule is NCC1CN(Cc2ccn(C3CCCC3)n2)C(=O)O1. The summed E-state index contributed by atoms with van der Waals surface area (Å²) >= 11 is 0. The zero-order valence-electron chi connectivity index (χ0n) is 11.0. The van der Waals surface area contributed by atoms with Crippen LogP contribution in [0.2, 0.25) is 0 Å². The predicted molar refractivity (Wildman–Crippen MR) is 69.5 cm³/mol. The van der Waals surface area contributed by atoms with Crippen LogP contribution in [0.3, 0.4) is 0 Å². The lowest BCUT2D eigenvalue weighted by Crippen LogP contribution is -2.27. The third kappa shape index (κ3) is 2.58. The molecule has 1 amide bonds. The number of cyclic esters (lactones) is 1. The Morgan fingerprint density at radius 3 is 2.89 bits per heavy atom. The summed E-state index contributed by atoms with van der Waals surface area (Å²) in [7, 11) is 0. The highest BCUT2D eigenvalue weighted by Crippen LogP contribution is 2.28. The van der Waals surface area contributed by atoms with Gasteiger partial charge in [0.1, 0.15) is 6.10 Å². The highest BCUT2D eigenvalue weighted by molar-refractivity contribution is 5.69. The summed E-state index contributed by atoms with van der Waals surface area (Å²) in [4.78, 5) is 13.3. The Labute approximate surface area is 112 Å². The van der Waals surface area contributed by atoms with Crippen molar-refractivity contribution in [2.24, 2.45) is 5.73 Å². The van der Waals surface area contributed by atoms with Gasteiger partial charge < -0.3 is 10.5 Å². The molecule has 1 saturated heterocycles. The van der Waals surface area contributed by atoms with E-state index in [9.17, 15) is 4.79 Å². The average molecular weight is 264 g/mol. The number of hydrogen-bond acceptors (Lipinski definition) is 4. The maximum Gasteiger partial charge on any atom is 0.410 e. The Balaban J connectivity index is 1.62. The normalized spacial score (nSPS) is 24.2. The van der Waals surface area contributed by atoms with E-state index < -0.39 is 0 Å². The maximum absolute atomic E-state index is 11.6. The number of carbonyl (C=O) groups is 1. The van der Waals surface area contributed by atoms with Gasteiger partial charge in [-0.1, -0.05) is 12.8 Å². The minimum atomic E-state index is -0.286. The zero-order chi connectivity index (χ0) is 13.2. The van der Waals surface area contributed by atoms with Crippen molar-refractivity contribution in [2.75, 3.05) is 13.1 Å². The highest BCUT2D eigenvalue weighted by atomic mass is 16.6. The first kappa shape index (κ1) is 12.5. The van der Waals surface area contributed by atoms with Gasteiger partial charge in [-0.05, 0) is 18.9 Å². The molecule has 2 aliphatic rings. The van der Waals surface area contributed by atoms with Crippen LogP contribution in [0.15, 0.2) is 12.3 Å². The average Bonchev–Trinajstić information content (AvgIpc) is 3.11. The van der Waals surface area contributed by atoms with Crippen LogP contribution in [0.25, 0.3) is 0 Å². The van der Waals surface area contributed by atoms with Gasteiger partial charge in [0.05, 0.1) is 24.8 Å². The molecule has 19 heavy (non-hydrogen) atoms. The van der Waals surface area contributed by atoms with E-state index in [1.54, 1.807) is 4.90 Å². The van der Waals surface area contributed by atoms with Crippen molar-refractivity contribution < 1.29 is 9.53 Å². The summed E-state index contributed by atoms with van der Waals surface area (Å²) in [6.07, 6.45) is 6.56. The lowest BCUT2D eigenvalue weighted by Gasteiger charge is -2.11. The smallest absolute Gasteiger partial charge is 0.410 e. The number of aromatic nitrogens is 2. The molecule has 104 valence electrons. The number of rotatable bonds is 4. The topological polar surface area (TPSA) is 73.4 Å². The van der Waals surface area contributed by atoms with Crippen LogP contribution in [-0.2, 0) is 11.3 Å². The maximum atomic E-state index is 11.6. The standard InChI is InChI=1S/C13H20N4O2/c14-7-12-9-16(13(18)19-12)8-10-5-6-17(15-10)11-3-1-2-4-11/h5-6,11-12H,1-4,7-9,14H2. The van der Waals surface area contributed by atoms with E-state index in [4.69, 9.17) is 10.5 Å². The van der Waals surface area contributed by atoms with Crippen molar-refractivity contribution in [3.05, 3.63) is 18.0 Å². The predicted octanol–water partition coefficient (Wildman–Crippen LogP) is 1.28. The highest BCUT2D eigenvalue weighted by Gasteiger charge is 2.30. The van der Waals surface area contributed by atoms with E-state index in [2.05, 4.69) is 5.10 Å². The molecule has 2 N–H and O–H groups in total. The van der Waals surface area contributed by atoms with Crippen molar-refractivity contribution in [1.29, 1.82) is 0 Å². The van der Waals surface area contributed by atoms with Crippen molar-refractivity contribution in [3.8, 4) is 0 Å². The first-order valence-electron chi connectivity index (χ1n) is 6.96. The first-order valence-corrected chi connectivity index (χ1v) is 6.96. The second-order valence-electron chi connectivity index (χ2n) is 5.35. The van der Waals surface area contributed by atoms with E-state index in [-0.39, 0.29) is 12.2 Å². The Kier molecular flexibility index (Phi) is 3.42. The van der Waals surface area contributed by atoms with Crippen LogP contribution in [0.4, 0.5) is 4.79 Å². The second-order valence-corrected chi connectivity index (χ2v) is 5.35. The molecule has 2 fully saturated rings. The van der Waals surface area contributed by atoms with Gasteiger partial charge in [0.2, 0.25) is 0 Å². The van der Waals surface area contributed by atoms with Gasteiger partial charge in [-0.15, -0.1) is 0 Å². The zero-order valence-corrected chi connectivity index (χ0v) is 11.0. The number of carbonyl (C=O) groups excluding carboxylic acids is 1. The van der Waals surface area contributed by atoms with Gasteiger partial charge in [0, 0.05) is 12.7 Å². The van der Waals surface area contributed by atoms with Crippen LogP contribution >= 0.6 is 0 Å². The molecule has 3 rings (SSSR count). The molecule has 0 bridgehead atoms. The van der Waals surface area contributed by atoms with E-state index in [1.165, 1.54) is 25.7 Å². The van der Waals surface area contributed by atoms with Crippen LogP contribution in [0.1, 0.15) is 37.4 Å². The molecule has 0 aromatic carbocycles. The Hall–Kier alpha value is -1.56. The van der Waals surface area contributed by atoms with Crippen molar-refractivity contribution in [1.82, 2.24) is 14.7 Å². The largest absolute Gasteiger partial charge is 0.443 e. The van der Waals surface area contributed by atoms with Crippen LogP contribution in [-0.4, -0.2) is 40.0 Å². The second kappa shape index (κ2) is 5.21.